The second-order valence-corrected chi connectivity index (χ2v) is 7.04. The fourth-order valence-electron chi connectivity index (χ4n) is 2.44. The molecule has 0 bridgehead atoms. The van der Waals surface area contributed by atoms with Crippen molar-refractivity contribution in [2.24, 2.45) is 0 Å². The number of hydrogen-bond acceptors (Lipinski definition) is 5. The number of carbonyl (C=O) groups is 1. The van der Waals surface area contributed by atoms with Crippen LogP contribution in [0.25, 0.3) is 16.7 Å². The highest BCUT2D eigenvalue weighted by Crippen LogP contribution is 2.22. The Labute approximate surface area is 145 Å². The fraction of sp³-hybridized carbons (Fsp3) is 0.412. The van der Waals surface area contributed by atoms with Gasteiger partial charge < -0.3 is 9.64 Å². The third kappa shape index (κ3) is 3.82. The molecule has 0 aromatic carbocycles. The quantitative estimate of drug-likeness (QED) is 0.736. The van der Waals surface area contributed by atoms with Crippen LogP contribution in [0.3, 0.4) is 0 Å². The van der Waals surface area contributed by atoms with Gasteiger partial charge in [-0.1, -0.05) is 17.7 Å². The van der Waals surface area contributed by atoms with E-state index in [1.54, 1.807) is 23.2 Å². The Morgan fingerprint density at radius 3 is 2.83 bits per heavy atom. The number of fused-ring (bicyclic) bond motifs is 1. The highest BCUT2D eigenvalue weighted by Gasteiger charge is 2.25. The first-order valence-electron chi connectivity index (χ1n) is 7.78. The summed E-state index contributed by atoms with van der Waals surface area (Å²) in [7, 11) is 0. The van der Waals surface area contributed by atoms with Gasteiger partial charge in [0.25, 0.3) is 0 Å². The minimum Gasteiger partial charge on any atom is -0.444 e. The molecule has 3 heterocycles. The lowest BCUT2D eigenvalue weighted by molar-refractivity contribution is 0.0273. The molecule has 0 saturated heterocycles. The molecule has 24 heavy (non-hydrogen) atoms. The first-order chi connectivity index (χ1) is 11.3. The molecule has 2 aromatic rings. The molecule has 7 heteroatoms. The van der Waals surface area contributed by atoms with Gasteiger partial charge >= 0.3 is 6.09 Å². The van der Waals surface area contributed by atoms with E-state index >= 15 is 0 Å². The van der Waals surface area contributed by atoms with Gasteiger partial charge in [0.05, 0.1) is 18.4 Å². The average Bonchev–Trinajstić information content (AvgIpc) is 2.52. The van der Waals surface area contributed by atoms with Crippen LogP contribution in [0, 0.1) is 0 Å². The first kappa shape index (κ1) is 16.6. The number of carbonyl (C=O) groups excluding carboxylic acids is 1. The van der Waals surface area contributed by atoms with E-state index in [1.165, 1.54) is 0 Å². The van der Waals surface area contributed by atoms with E-state index in [9.17, 15) is 4.79 Å². The molecule has 1 aliphatic rings. The monoisotopic (exact) mass is 346 g/mol. The van der Waals surface area contributed by atoms with Gasteiger partial charge in [-0.15, -0.1) is 0 Å². The molecule has 126 valence electrons. The van der Waals surface area contributed by atoms with Crippen LogP contribution >= 0.6 is 11.6 Å². The van der Waals surface area contributed by atoms with Gasteiger partial charge in [-0.25, -0.2) is 14.8 Å². The third-order valence-electron chi connectivity index (χ3n) is 3.50. The second-order valence-electron chi connectivity index (χ2n) is 6.65. The minimum atomic E-state index is -0.512. The molecule has 0 aliphatic carbocycles. The first-order valence-corrected chi connectivity index (χ1v) is 8.16. The number of aromatic nitrogens is 3. The van der Waals surface area contributed by atoms with Crippen LogP contribution in [0.4, 0.5) is 4.79 Å². The van der Waals surface area contributed by atoms with Crippen molar-refractivity contribution in [2.75, 3.05) is 13.1 Å². The van der Waals surface area contributed by atoms with Gasteiger partial charge in [-0.05, 0) is 44.9 Å². The summed E-state index contributed by atoms with van der Waals surface area (Å²) in [5.74, 6) is 0. The Morgan fingerprint density at radius 1 is 1.29 bits per heavy atom. The molecule has 1 aliphatic heterocycles. The van der Waals surface area contributed by atoms with Crippen molar-refractivity contribution in [3.05, 3.63) is 35.3 Å². The zero-order valence-corrected chi connectivity index (χ0v) is 14.7. The van der Waals surface area contributed by atoms with Crippen molar-refractivity contribution >= 4 is 34.4 Å². The van der Waals surface area contributed by atoms with Crippen LogP contribution in [0.2, 0.25) is 5.15 Å². The Hall–Kier alpha value is -2.21. The number of pyridine rings is 1. The largest absolute Gasteiger partial charge is 0.444 e. The Kier molecular flexibility index (Phi) is 4.41. The maximum absolute atomic E-state index is 12.3. The van der Waals surface area contributed by atoms with Crippen molar-refractivity contribution in [1.29, 1.82) is 0 Å². The average molecular weight is 347 g/mol. The number of amides is 1. The molecule has 0 N–H and O–H groups in total. The van der Waals surface area contributed by atoms with Crippen LogP contribution in [0.5, 0.6) is 0 Å². The molecular formula is C17H19ClN4O2. The van der Waals surface area contributed by atoms with E-state index in [0.717, 1.165) is 12.0 Å². The summed E-state index contributed by atoms with van der Waals surface area (Å²) in [6.45, 7) is 6.64. The van der Waals surface area contributed by atoms with Crippen molar-refractivity contribution in [3.63, 3.8) is 0 Å². The normalized spacial score (nSPS) is 15.3. The Morgan fingerprint density at radius 2 is 2.08 bits per heavy atom. The highest BCUT2D eigenvalue weighted by molar-refractivity contribution is 6.29. The number of nitrogens with zero attached hydrogens (tertiary/aromatic N) is 4. The van der Waals surface area contributed by atoms with E-state index in [4.69, 9.17) is 16.3 Å². The van der Waals surface area contributed by atoms with Crippen molar-refractivity contribution in [1.82, 2.24) is 19.9 Å². The lowest BCUT2D eigenvalue weighted by Crippen LogP contribution is -2.39. The topological polar surface area (TPSA) is 68.2 Å². The smallest absolute Gasteiger partial charge is 0.410 e. The summed E-state index contributed by atoms with van der Waals surface area (Å²) < 4.78 is 5.44. The number of rotatable bonds is 1. The fourth-order valence-corrected chi connectivity index (χ4v) is 2.58. The van der Waals surface area contributed by atoms with E-state index in [-0.39, 0.29) is 6.09 Å². The standard InChI is InChI=1S/C17H19ClN4O2/c1-17(2,3)24-16(23)22-8-4-5-11(10-22)13-9-19-12-6-7-14(18)21-15(12)20-13/h5-7,9H,4,8,10H2,1-3H3. The third-order valence-corrected chi connectivity index (χ3v) is 3.71. The zero-order valence-electron chi connectivity index (χ0n) is 13.9. The predicted octanol–water partition coefficient (Wildman–Crippen LogP) is 3.70. The summed E-state index contributed by atoms with van der Waals surface area (Å²) in [6.07, 6.45) is 4.20. The molecule has 0 spiro atoms. The van der Waals surface area contributed by atoms with Crippen LogP contribution in [-0.2, 0) is 4.74 Å². The molecule has 0 unspecified atom stereocenters. The number of hydrogen-bond donors (Lipinski definition) is 0. The molecule has 2 aromatic heterocycles. The maximum atomic E-state index is 12.3. The molecule has 0 saturated carbocycles. The van der Waals surface area contributed by atoms with Crippen molar-refractivity contribution in [2.45, 2.75) is 32.8 Å². The van der Waals surface area contributed by atoms with Crippen LogP contribution in [-0.4, -0.2) is 44.6 Å². The SMILES string of the molecule is CC(C)(C)OC(=O)N1CCC=C(c2cnc3ccc(Cl)nc3n2)C1. The molecule has 0 fully saturated rings. The van der Waals surface area contributed by atoms with Crippen LogP contribution < -0.4 is 0 Å². The van der Waals surface area contributed by atoms with Gasteiger partial charge in [-0.2, -0.15) is 0 Å². The summed E-state index contributed by atoms with van der Waals surface area (Å²) in [5.41, 5.74) is 2.30. The molecule has 1 amide bonds. The van der Waals surface area contributed by atoms with E-state index in [1.807, 2.05) is 20.8 Å². The van der Waals surface area contributed by atoms with E-state index in [0.29, 0.717) is 35.1 Å². The van der Waals surface area contributed by atoms with E-state index in [2.05, 4.69) is 21.0 Å². The lowest BCUT2D eigenvalue weighted by atomic mass is 10.1. The highest BCUT2D eigenvalue weighted by atomic mass is 35.5. The van der Waals surface area contributed by atoms with Crippen molar-refractivity contribution < 1.29 is 9.53 Å². The van der Waals surface area contributed by atoms with Crippen LogP contribution in [0.15, 0.2) is 24.4 Å². The molecule has 0 radical (unpaired) electrons. The van der Waals surface area contributed by atoms with Gasteiger partial charge in [0, 0.05) is 6.54 Å². The summed E-state index contributed by atoms with van der Waals surface area (Å²) in [4.78, 5) is 27.0. The maximum Gasteiger partial charge on any atom is 0.410 e. The molecule has 6 nitrogen and oxygen atoms in total. The van der Waals surface area contributed by atoms with Gasteiger partial charge in [-0.3, -0.25) is 4.98 Å². The summed E-state index contributed by atoms with van der Waals surface area (Å²) in [6, 6.07) is 3.46. The minimum absolute atomic E-state index is 0.317. The van der Waals surface area contributed by atoms with Gasteiger partial charge in [0.1, 0.15) is 16.3 Å². The van der Waals surface area contributed by atoms with E-state index < -0.39 is 5.60 Å². The summed E-state index contributed by atoms with van der Waals surface area (Å²) in [5, 5.41) is 0.377. The predicted molar refractivity (Wildman–Crippen MR) is 92.7 cm³/mol. The lowest BCUT2D eigenvalue weighted by Gasteiger charge is -2.30. The summed E-state index contributed by atoms with van der Waals surface area (Å²) >= 11 is 5.92. The van der Waals surface area contributed by atoms with Gasteiger partial charge in [0.15, 0.2) is 5.65 Å². The number of ether oxygens (including phenoxy) is 1. The molecule has 3 rings (SSSR count). The Balaban J connectivity index is 1.82. The number of halogens is 1. The van der Waals surface area contributed by atoms with Crippen molar-refractivity contribution in [3.8, 4) is 0 Å². The van der Waals surface area contributed by atoms with Gasteiger partial charge in [0.2, 0.25) is 0 Å². The van der Waals surface area contributed by atoms with Crippen LogP contribution in [0.1, 0.15) is 32.9 Å². The second kappa shape index (κ2) is 6.36. The molecular weight excluding hydrogens is 328 g/mol. The molecule has 0 atom stereocenters. The Bertz CT molecular complexity index is 814. The zero-order chi connectivity index (χ0) is 17.3.